The van der Waals surface area contributed by atoms with Gasteiger partial charge in [0.15, 0.2) is 11.5 Å². The van der Waals surface area contributed by atoms with Crippen LogP contribution < -0.4 is 19.5 Å². The van der Waals surface area contributed by atoms with Crippen molar-refractivity contribution in [2.24, 2.45) is 0 Å². The molecule has 0 amide bonds. The molecule has 1 N–H and O–H groups in total. The molecule has 0 aliphatic carbocycles. The fourth-order valence-corrected chi connectivity index (χ4v) is 3.59. The number of hydrogen-bond acceptors (Lipinski definition) is 4. The number of halogens is 2. The predicted molar refractivity (Wildman–Crippen MR) is 118 cm³/mol. The van der Waals surface area contributed by atoms with E-state index in [-0.39, 0.29) is 13.4 Å². The summed E-state index contributed by atoms with van der Waals surface area (Å²) < 4.78 is 16.6. The molecule has 1 heterocycles. The van der Waals surface area contributed by atoms with Crippen molar-refractivity contribution in [3.63, 3.8) is 0 Å². The lowest BCUT2D eigenvalue weighted by molar-refractivity contribution is 0.174. The van der Waals surface area contributed by atoms with Crippen LogP contribution in [0.15, 0.2) is 60.7 Å². The van der Waals surface area contributed by atoms with E-state index in [1.54, 1.807) is 18.2 Å². The number of rotatable bonds is 6. The fourth-order valence-electron chi connectivity index (χ4n) is 2.89. The summed E-state index contributed by atoms with van der Waals surface area (Å²) in [6.45, 7) is 1.12. The Balaban J connectivity index is 1.38. The molecule has 7 heteroatoms. The Morgan fingerprint density at radius 2 is 1.72 bits per heavy atom. The van der Waals surface area contributed by atoms with E-state index >= 15 is 0 Å². The Morgan fingerprint density at radius 3 is 2.55 bits per heavy atom. The van der Waals surface area contributed by atoms with Crippen LogP contribution >= 0.6 is 35.4 Å². The third-order valence-corrected chi connectivity index (χ3v) is 5.52. The Bertz CT molecular complexity index is 1040. The topological polar surface area (TPSA) is 39.7 Å². The zero-order valence-electron chi connectivity index (χ0n) is 15.3. The SMILES string of the molecule is S=C(NCc1ccc2c(c1)OCO2)c1cccc(OCc2c(Cl)cccc2Cl)c1. The normalized spacial score (nSPS) is 11.9. The first kappa shape index (κ1) is 19.8. The van der Waals surface area contributed by atoms with Crippen molar-refractivity contribution in [2.45, 2.75) is 13.2 Å². The minimum Gasteiger partial charge on any atom is -0.489 e. The van der Waals surface area contributed by atoms with Crippen molar-refractivity contribution in [1.29, 1.82) is 0 Å². The molecule has 3 aromatic carbocycles. The number of nitrogens with one attached hydrogen (secondary N) is 1. The first-order valence-electron chi connectivity index (χ1n) is 8.92. The first-order valence-corrected chi connectivity index (χ1v) is 10.1. The predicted octanol–water partition coefficient (Wildman–Crippen LogP) is 5.77. The number of fused-ring (bicyclic) bond motifs is 1. The van der Waals surface area contributed by atoms with Crippen LogP contribution in [0.2, 0.25) is 10.0 Å². The molecule has 0 radical (unpaired) electrons. The van der Waals surface area contributed by atoms with Crippen LogP contribution in [-0.2, 0) is 13.2 Å². The van der Waals surface area contributed by atoms with Crippen LogP contribution in [0.5, 0.6) is 17.2 Å². The summed E-state index contributed by atoms with van der Waals surface area (Å²) in [5.74, 6) is 2.20. The molecular formula is C22H17Cl2NO3S. The number of hydrogen-bond donors (Lipinski definition) is 1. The fraction of sp³-hybridized carbons (Fsp3) is 0.136. The van der Waals surface area contributed by atoms with Gasteiger partial charge in [-0.2, -0.15) is 0 Å². The summed E-state index contributed by atoms with van der Waals surface area (Å²) in [7, 11) is 0. The molecule has 3 aromatic rings. The van der Waals surface area contributed by atoms with Crippen LogP contribution in [-0.4, -0.2) is 11.8 Å². The van der Waals surface area contributed by atoms with Gasteiger partial charge in [-0.25, -0.2) is 0 Å². The average molecular weight is 446 g/mol. The molecule has 29 heavy (non-hydrogen) atoms. The van der Waals surface area contributed by atoms with Gasteiger partial charge in [0.05, 0.1) is 0 Å². The summed E-state index contributed by atoms with van der Waals surface area (Å²) in [6, 6.07) is 18.8. The smallest absolute Gasteiger partial charge is 0.231 e. The average Bonchev–Trinajstić information content (AvgIpc) is 3.20. The quantitative estimate of drug-likeness (QED) is 0.487. The zero-order valence-corrected chi connectivity index (χ0v) is 17.6. The summed E-state index contributed by atoms with van der Waals surface area (Å²) in [6.07, 6.45) is 0. The van der Waals surface area contributed by atoms with Gasteiger partial charge in [-0.15, -0.1) is 0 Å². The lowest BCUT2D eigenvalue weighted by atomic mass is 10.1. The number of thiocarbonyl (C=S) groups is 1. The third-order valence-electron chi connectivity index (χ3n) is 4.43. The third kappa shape index (κ3) is 4.75. The Morgan fingerprint density at radius 1 is 0.966 bits per heavy atom. The molecule has 1 aliphatic heterocycles. The highest BCUT2D eigenvalue weighted by atomic mass is 35.5. The minimum atomic E-state index is 0.261. The summed E-state index contributed by atoms with van der Waals surface area (Å²) in [4.78, 5) is 0.629. The molecule has 0 unspecified atom stereocenters. The van der Waals surface area contributed by atoms with Crippen LogP contribution in [0, 0.1) is 0 Å². The molecule has 0 spiro atoms. The van der Waals surface area contributed by atoms with Crippen LogP contribution in [0.3, 0.4) is 0 Å². The molecule has 0 saturated heterocycles. The first-order chi connectivity index (χ1) is 14.1. The van der Waals surface area contributed by atoms with E-state index in [1.807, 2.05) is 42.5 Å². The van der Waals surface area contributed by atoms with E-state index in [2.05, 4.69) is 5.32 Å². The van der Waals surface area contributed by atoms with Gasteiger partial charge < -0.3 is 19.5 Å². The van der Waals surface area contributed by atoms with E-state index < -0.39 is 0 Å². The van der Waals surface area contributed by atoms with E-state index in [0.29, 0.717) is 27.3 Å². The van der Waals surface area contributed by atoms with Gasteiger partial charge in [0.25, 0.3) is 0 Å². The Hall–Kier alpha value is -2.47. The highest BCUT2D eigenvalue weighted by Crippen LogP contribution is 2.32. The maximum absolute atomic E-state index is 6.20. The summed E-state index contributed by atoms with van der Waals surface area (Å²) in [5, 5.41) is 4.42. The van der Waals surface area contributed by atoms with E-state index in [9.17, 15) is 0 Å². The van der Waals surface area contributed by atoms with Crippen molar-refractivity contribution < 1.29 is 14.2 Å². The Kier molecular flexibility index (Phi) is 6.09. The molecule has 0 fully saturated rings. The van der Waals surface area contributed by atoms with Gasteiger partial charge in [0, 0.05) is 27.7 Å². The van der Waals surface area contributed by atoms with Gasteiger partial charge in [0.2, 0.25) is 6.79 Å². The van der Waals surface area contributed by atoms with Gasteiger partial charge >= 0.3 is 0 Å². The van der Waals surface area contributed by atoms with Crippen LogP contribution in [0.4, 0.5) is 0 Å². The minimum absolute atomic E-state index is 0.261. The molecule has 1 aliphatic rings. The second kappa shape index (κ2) is 8.91. The lowest BCUT2D eigenvalue weighted by Gasteiger charge is -2.12. The summed E-state index contributed by atoms with van der Waals surface area (Å²) >= 11 is 17.9. The molecule has 0 bridgehead atoms. The van der Waals surface area contributed by atoms with Gasteiger partial charge in [-0.1, -0.05) is 59.7 Å². The van der Waals surface area contributed by atoms with Crippen molar-refractivity contribution in [1.82, 2.24) is 5.32 Å². The zero-order chi connectivity index (χ0) is 20.2. The van der Waals surface area contributed by atoms with Crippen molar-refractivity contribution in [3.8, 4) is 17.2 Å². The highest BCUT2D eigenvalue weighted by Gasteiger charge is 2.13. The van der Waals surface area contributed by atoms with Crippen LogP contribution in [0.25, 0.3) is 0 Å². The molecule has 4 rings (SSSR count). The maximum Gasteiger partial charge on any atom is 0.231 e. The second-order valence-corrected chi connectivity index (χ2v) is 7.61. The largest absolute Gasteiger partial charge is 0.489 e. The second-order valence-electron chi connectivity index (χ2n) is 6.39. The Labute approximate surface area is 184 Å². The molecule has 4 nitrogen and oxygen atoms in total. The summed E-state index contributed by atoms with van der Waals surface area (Å²) in [5.41, 5.74) is 2.67. The van der Waals surface area contributed by atoms with E-state index in [0.717, 1.165) is 28.2 Å². The van der Waals surface area contributed by atoms with E-state index in [4.69, 9.17) is 49.6 Å². The maximum atomic E-state index is 6.20. The van der Waals surface area contributed by atoms with Crippen molar-refractivity contribution >= 4 is 40.4 Å². The molecular weight excluding hydrogens is 429 g/mol. The standard InChI is InChI=1S/C22H17Cl2NO3S/c23-18-5-2-6-19(24)17(18)12-26-16-4-1-3-15(10-16)22(29)25-11-14-7-8-20-21(9-14)28-13-27-20/h1-10H,11-13H2,(H,25,29). The number of ether oxygens (including phenoxy) is 3. The molecule has 0 saturated carbocycles. The monoisotopic (exact) mass is 445 g/mol. The van der Waals surface area contributed by atoms with Gasteiger partial charge in [-0.05, 0) is 42.0 Å². The van der Waals surface area contributed by atoms with Crippen molar-refractivity contribution in [3.05, 3.63) is 87.4 Å². The molecule has 0 aromatic heterocycles. The molecule has 148 valence electrons. The lowest BCUT2D eigenvalue weighted by Crippen LogP contribution is -2.21. The van der Waals surface area contributed by atoms with Gasteiger partial charge in [0.1, 0.15) is 17.3 Å². The van der Waals surface area contributed by atoms with Crippen molar-refractivity contribution in [2.75, 3.05) is 6.79 Å². The van der Waals surface area contributed by atoms with Crippen LogP contribution in [0.1, 0.15) is 16.7 Å². The number of benzene rings is 3. The van der Waals surface area contributed by atoms with Gasteiger partial charge in [-0.3, -0.25) is 0 Å². The van der Waals surface area contributed by atoms with E-state index in [1.165, 1.54) is 0 Å². The molecule has 0 atom stereocenters. The highest BCUT2D eigenvalue weighted by molar-refractivity contribution is 7.80.